The highest BCUT2D eigenvalue weighted by Crippen LogP contribution is 2.32. The van der Waals surface area contributed by atoms with Crippen molar-refractivity contribution in [2.45, 2.75) is 19.0 Å². The average Bonchev–Trinajstić information content (AvgIpc) is 3.04. The van der Waals surface area contributed by atoms with Crippen molar-refractivity contribution in [3.63, 3.8) is 0 Å². The van der Waals surface area contributed by atoms with Gasteiger partial charge in [0.05, 0.1) is 18.8 Å². The van der Waals surface area contributed by atoms with E-state index < -0.39 is 5.54 Å². The van der Waals surface area contributed by atoms with E-state index in [1.54, 1.807) is 0 Å². The lowest BCUT2D eigenvalue weighted by atomic mass is 10.0. The second-order valence-corrected chi connectivity index (χ2v) is 6.94. The Morgan fingerprint density at radius 2 is 1.65 bits per heavy atom. The summed E-state index contributed by atoms with van der Waals surface area (Å²) in [5, 5.41) is 27.0. The van der Waals surface area contributed by atoms with Gasteiger partial charge < -0.3 is 20.5 Å². The monoisotopic (exact) mass is 370 g/mol. The zero-order chi connectivity index (χ0) is 17.4. The Morgan fingerprint density at radius 3 is 2.42 bits per heavy atom. The van der Waals surface area contributed by atoms with E-state index in [0.717, 1.165) is 16.6 Å². The molecule has 0 bridgehead atoms. The van der Waals surface area contributed by atoms with E-state index in [1.807, 2.05) is 6.92 Å². The van der Waals surface area contributed by atoms with Gasteiger partial charge in [-0.05, 0) is 41.5 Å². The zero-order valence-corrected chi connectivity index (χ0v) is 15.4. The van der Waals surface area contributed by atoms with E-state index in [9.17, 15) is 10.2 Å². The van der Waals surface area contributed by atoms with E-state index in [1.165, 1.54) is 21.5 Å². The van der Waals surface area contributed by atoms with Gasteiger partial charge in [0.1, 0.15) is 0 Å². The van der Waals surface area contributed by atoms with E-state index >= 15 is 0 Å². The molecule has 0 fully saturated rings. The zero-order valence-electron chi connectivity index (χ0n) is 14.6. The first kappa shape index (κ1) is 18.7. The summed E-state index contributed by atoms with van der Waals surface area (Å²) in [6.07, 6.45) is 0. The second-order valence-electron chi connectivity index (χ2n) is 6.94. The third-order valence-electron chi connectivity index (χ3n) is 4.97. The standard InChI is InChI=1S/C21H22N2O2.ClH/c1-21(12-24,13-25)22-11-14-6-8-18-17(10-14)20-16-5-3-2-4-15(16)7-9-19(20)23-18;/h2-10,22-25H,11-13H2,1H3;1H. The van der Waals surface area contributed by atoms with Crippen LogP contribution in [0.2, 0.25) is 0 Å². The van der Waals surface area contributed by atoms with Crippen molar-refractivity contribution in [1.82, 2.24) is 10.3 Å². The van der Waals surface area contributed by atoms with E-state index in [-0.39, 0.29) is 25.6 Å². The Balaban J connectivity index is 0.00000196. The summed E-state index contributed by atoms with van der Waals surface area (Å²) < 4.78 is 0. The van der Waals surface area contributed by atoms with Crippen LogP contribution in [0, 0.1) is 0 Å². The predicted octanol–water partition coefficient (Wildman–Crippen LogP) is 3.73. The molecule has 136 valence electrons. The van der Waals surface area contributed by atoms with Crippen LogP contribution in [-0.4, -0.2) is 33.9 Å². The number of aliphatic hydroxyl groups excluding tert-OH is 2. The Labute approximate surface area is 158 Å². The lowest BCUT2D eigenvalue weighted by Crippen LogP contribution is -2.48. The van der Waals surface area contributed by atoms with Gasteiger partial charge in [-0.1, -0.05) is 36.4 Å². The molecule has 0 radical (unpaired) electrons. The van der Waals surface area contributed by atoms with Crippen molar-refractivity contribution >= 4 is 45.0 Å². The van der Waals surface area contributed by atoms with Crippen LogP contribution < -0.4 is 5.32 Å². The Hall–Kier alpha value is -2.11. The highest BCUT2D eigenvalue weighted by Gasteiger charge is 2.21. The van der Waals surface area contributed by atoms with Gasteiger partial charge in [-0.3, -0.25) is 0 Å². The van der Waals surface area contributed by atoms with E-state index in [4.69, 9.17) is 0 Å². The lowest BCUT2D eigenvalue weighted by molar-refractivity contribution is 0.103. The maximum atomic E-state index is 9.43. The molecular formula is C21H23ClN2O2. The molecule has 0 aliphatic heterocycles. The number of aromatic nitrogens is 1. The number of nitrogens with one attached hydrogen (secondary N) is 2. The Kier molecular flexibility index (Phi) is 5.21. The molecule has 1 aromatic heterocycles. The van der Waals surface area contributed by atoms with Crippen LogP contribution in [0.15, 0.2) is 54.6 Å². The normalized spacial score (nSPS) is 12.0. The maximum Gasteiger partial charge on any atom is 0.0633 e. The topological polar surface area (TPSA) is 68.3 Å². The summed E-state index contributed by atoms with van der Waals surface area (Å²) in [6.45, 7) is 2.18. The molecule has 4 N–H and O–H groups in total. The van der Waals surface area contributed by atoms with Crippen molar-refractivity contribution in [2.24, 2.45) is 0 Å². The van der Waals surface area contributed by atoms with E-state index in [0.29, 0.717) is 6.54 Å². The third-order valence-corrected chi connectivity index (χ3v) is 4.97. The molecular weight excluding hydrogens is 348 g/mol. The first-order valence-corrected chi connectivity index (χ1v) is 8.52. The maximum absolute atomic E-state index is 9.43. The number of hydrogen-bond donors (Lipinski definition) is 4. The quantitative estimate of drug-likeness (QED) is 0.432. The highest BCUT2D eigenvalue weighted by atomic mass is 35.5. The van der Waals surface area contributed by atoms with Gasteiger partial charge in [0, 0.05) is 28.4 Å². The van der Waals surface area contributed by atoms with Gasteiger partial charge >= 0.3 is 0 Å². The molecule has 0 atom stereocenters. The fraction of sp³-hybridized carbons (Fsp3) is 0.238. The molecule has 0 amide bonds. The third kappa shape index (κ3) is 3.17. The van der Waals surface area contributed by atoms with Gasteiger partial charge in [0.25, 0.3) is 0 Å². The predicted molar refractivity (Wildman–Crippen MR) is 110 cm³/mol. The first-order chi connectivity index (χ1) is 12.1. The van der Waals surface area contributed by atoms with Crippen molar-refractivity contribution < 1.29 is 10.2 Å². The van der Waals surface area contributed by atoms with E-state index in [2.05, 4.69) is 64.9 Å². The molecule has 0 aliphatic rings. The number of benzene rings is 3. The number of aromatic amines is 1. The molecule has 5 heteroatoms. The number of H-pyrrole nitrogens is 1. The van der Waals surface area contributed by atoms with Gasteiger partial charge in [-0.25, -0.2) is 0 Å². The SMILES string of the molecule is CC(CO)(CO)NCc1ccc2[nH]c3ccc4ccccc4c3c2c1.Cl. The van der Waals surface area contributed by atoms with Gasteiger partial charge in [0.15, 0.2) is 0 Å². The number of halogens is 1. The molecule has 4 nitrogen and oxygen atoms in total. The number of hydrogen-bond acceptors (Lipinski definition) is 3. The van der Waals surface area contributed by atoms with Crippen molar-refractivity contribution in [1.29, 1.82) is 0 Å². The van der Waals surface area contributed by atoms with Crippen LogP contribution in [0.1, 0.15) is 12.5 Å². The summed E-state index contributed by atoms with van der Waals surface area (Å²) in [5.74, 6) is 0. The second kappa shape index (κ2) is 7.25. The van der Waals surface area contributed by atoms with Crippen LogP contribution in [0.25, 0.3) is 32.6 Å². The molecule has 0 saturated carbocycles. The molecule has 0 unspecified atom stereocenters. The summed E-state index contributed by atoms with van der Waals surface area (Å²) in [7, 11) is 0. The number of aliphatic hydroxyl groups is 2. The van der Waals surface area contributed by atoms with Crippen LogP contribution >= 0.6 is 12.4 Å². The van der Waals surface area contributed by atoms with Crippen LogP contribution in [0.4, 0.5) is 0 Å². The lowest BCUT2D eigenvalue weighted by Gasteiger charge is -2.26. The molecule has 4 aromatic rings. The van der Waals surface area contributed by atoms with Gasteiger partial charge in [-0.2, -0.15) is 0 Å². The average molecular weight is 371 g/mol. The number of rotatable bonds is 5. The summed E-state index contributed by atoms with van der Waals surface area (Å²) in [6, 6.07) is 19.0. The Bertz CT molecular complexity index is 1050. The van der Waals surface area contributed by atoms with Crippen LogP contribution in [0.5, 0.6) is 0 Å². The molecule has 0 spiro atoms. The number of fused-ring (bicyclic) bond motifs is 5. The van der Waals surface area contributed by atoms with Gasteiger partial charge in [0.2, 0.25) is 0 Å². The van der Waals surface area contributed by atoms with Gasteiger partial charge in [-0.15, -0.1) is 12.4 Å². The molecule has 1 heterocycles. The molecule has 26 heavy (non-hydrogen) atoms. The minimum Gasteiger partial charge on any atom is -0.394 e. The Morgan fingerprint density at radius 1 is 0.923 bits per heavy atom. The molecule has 0 saturated heterocycles. The van der Waals surface area contributed by atoms with Crippen molar-refractivity contribution in [3.05, 3.63) is 60.2 Å². The van der Waals surface area contributed by atoms with Crippen LogP contribution in [-0.2, 0) is 6.54 Å². The highest BCUT2D eigenvalue weighted by molar-refractivity contribution is 6.20. The first-order valence-electron chi connectivity index (χ1n) is 8.52. The summed E-state index contributed by atoms with van der Waals surface area (Å²) in [5.41, 5.74) is 2.69. The van der Waals surface area contributed by atoms with Crippen molar-refractivity contribution in [3.8, 4) is 0 Å². The fourth-order valence-electron chi connectivity index (χ4n) is 3.31. The summed E-state index contributed by atoms with van der Waals surface area (Å²) in [4.78, 5) is 3.49. The minimum absolute atomic E-state index is 0. The minimum atomic E-state index is -0.679. The fourth-order valence-corrected chi connectivity index (χ4v) is 3.31. The van der Waals surface area contributed by atoms with Crippen molar-refractivity contribution in [2.75, 3.05) is 13.2 Å². The molecule has 0 aliphatic carbocycles. The molecule has 3 aromatic carbocycles. The largest absolute Gasteiger partial charge is 0.394 e. The molecule has 4 rings (SSSR count). The van der Waals surface area contributed by atoms with Crippen LogP contribution in [0.3, 0.4) is 0 Å². The summed E-state index contributed by atoms with van der Waals surface area (Å²) >= 11 is 0. The smallest absolute Gasteiger partial charge is 0.0633 e.